The molecule has 4 heteroatoms. The molecule has 3 N–H and O–H groups in total. The summed E-state index contributed by atoms with van der Waals surface area (Å²) < 4.78 is 4.67. The first-order valence-electron chi connectivity index (χ1n) is 5.08. The maximum Gasteiger partial charge on any atom is 0.338 e. The number of carbonyl (C=O) groups is 1. The van der Waals surface area contributed by atoms with Crippen LogP contribution in [0.2, 0.25) is 0 Å². The van der Waals surface area contributed by atoms with Crippen LogP contribution < -0.4 is 5.73 Å². The standard InChI is InChI=1S/C12H17NO3/c1-7-4-8(2)10(12(15)16-3)5-9(7)11(14)6-13/h4-5,11,14H,6,13H2,1-3H3. The van der Waals surface area contributed by atoms with E-state index in [1.54, 1.807) is 6.07 Å². The molecule has 1 atom stereocenters. The first-order chi connectivity index (χ1) is 7.51. The van der Waals surface area contributed by atoms with Gasteiger partial charge in [-0.2, -0.15) is 0 Å². The van der Waals surface area contributed by atoms with E-state index in [-0.39, 0.29) is 6.54 Å². The second kappa shape index (κ2) is 5.09. The minimum Gasteiger partial charge on any atom is -0.465 e. The fraction of sp³-hybridized carbons (Fsp3) is 0.417. The molecule has 0 heterocycles. The van der Waals surface area contributed by atoms with E-state index in [4.69, 9.17) is 5.73 Å². The largest absolute Gasteiger partial charge is 0.465 e. The van der Waals surface area contributed by atoms with E-state index in [1.807, 2.05) is 19.9 Å². The van der Waals surface area contributed by atoms with Gasteiger partial charge in [0, 0.05) is 6.54 Å². The van der Waals surface area contributed by atoms with Crippen LogP contribution in [0.3, 0.4) is 0 Å². The van der Waals surface area contributed by atoms with Gasteiger partial charge in [0.05, 0.1) is 18.8 Å². The zero-order valence-corrected chi connectivity index (χ0v) is 9.78. The van der Waals surface area contributed by atoms with Gasteiger partial charge in [-0.3, -0.25) is 0 Å². The summed E-state index contributed by atoms with van der Waals surface area (Å²) >= 11 is 0. The fourth-order valence-corrected chi connectivity index (χ4v) is 1.68. The predicted molar refractivity (Wildman–Crippen MR) is 61.3 cm³/mol. The Morgan fingerprint density at radius 1 is 1.44 bits per heavy atom. The summed E-state index contributed by atoms with van der Waals surface area (Å²) in [6.07, 6.45) is -0.746. The Morgan fingerprint density at radius 2 is 2.06 bits per heavy atom. The summed E-state index contributed by atoms with van der Waals surface area (Å²) in [6.45, 7) is 3.84. The zero-order chi connectivity index (χ0) is 12.3. The van der Waals surface area contributed by atoms with Gasteiger partial charge in [0.15, 0.2) is 0 Å². The van der Waals surface area contributed by atoms with Crippen molar-refractivity contribution in [2.45, 2.75) is 20.0 Å². The number of aliphatic hydroxyl groups excluding tert-OH is 1. The van der Waals surface area contributed by atoms with Crippen LogP contribution in [0.4, 0.5) is 0 Å². The minimum atomic E-state index is -0.746. The van der Waals surface area contributed by atoms with Crippen molar-refractivity contribution in [3.63, 3.8) is 0 Å². The summed E-state index contributed by atoms with van der Waals surface area (Å²) in [5, 5.41) is 9.70. The lowest BCUT2D eigenvalue weighted by molar-refractivity contribution is 0.0599. The molecule has 0 aromatic heterocycles. The Balaban J connectivity index is 3.26. The SMILES string of the molecule is COC(=O)c1cc(C(O)CN)c(C)cc1C. The number of aryl methyl sites for hydroxylation is 2. The molecule has 88 valence electrons. The summed E-state index contributed by atoms with van der Waals surface area (Å²) in [6, 6.07) is 3.49. The molecule has 0 amide bonds. The maximum atomic E-state index is 11.5. The Hall–Kier alpha value is -1.39. The van der Waals surface area contributed by atoms with Crippen molar-refractivity contribution in [3.8, 4) is 0 Å². The highest BCUT2D eigenvalue weighted by Gasteiger charge is 2.15. The Morgan fingerprint density at radius 3 is 2.56 bits per heavy atom. The van der Waals surface area contributed by atoms with E-state index >= 15 is 0 Å². The van der Waals surface area contributed by atoms with Gasteiger partial charge in [0.2, 0.25) is 0 Å². The Bertz CT molecular complexity index is 401. The molecule has 0 aliphatic carbocycles. The molecule has 0 saturated heterocycles. The molecule has 1 unspecified atom stereocenters. The number of hydrogen-bond acceptors (Lipinski definition) is 4. The number of benzene rings is 1. The van der Waals surface area contributed by atoms with Crippen LogP contribution in [0.5, 0.6) is 0 Å². The van der Waals surface area contributed by atoms with E-state index in [9.17, 15) is 9.90 Å². The number of esters is 1. The Labute approximate surface area is 95.0 Å². The number of nitrogens with two attached hydrogens (primary N) is 1. The monoisotopic (exact) mass is 223 g/mol. The van der Waals surface area contributed by atoms with Crippen LogP contribution in [-0.4, -0.2) is 24.7 Å². The predicted octanol–water partition coefficient (Wildman–Crippen LogP) is 1.08. The molecule has 1 aromatic rings. The number of rotatable bonds is 3. The molecule has 16 heavy (non-hydrogen) atoms. The average molecular weight is 223 g/mol. The van der Waals surface area contributed by atoms with Crippen molar-refractivity contribution in [1.29, 1.82) is 0 Å². The van der Waals surface area contributed by atoms with E-state index < -0.39 is 12.1 Å². The summed E-state index contributed by atoms with van der Waals surface area (Å²) in [7, 11) is 1.33. The highest BCUT2D eigenvalue weighted by Crippen LogP contribution is 2.22. The van der Waals surface area contributed by atoms with Gasteiger partial charge in [-0.1, -0.05) is 6.07 Å². The number of hydrogen-bond donors (Lipinski definition) is 2. The van der Waals surface area contributed by atoms with Gasteiger partial charge in [-0.05, 0) is 36.6 Å². The molecule has 1 aromatic carbocycles. The molecular weight excluding hydrogens is 206 g/mol. The third kappa shape index (κ3) is 2.40. The smallest absolute Gasteiger partial charge is 0.338 e. The lowest BCUT2D eigenvalue weighted by Gasteiger charge is -2.14. The molecule has 4 nitrogen and oxygen atoms in total. The molecular formula is C12H17NO3. The van der Waals surface area contributed by atoms with Crippen molar-refractivity contribution in [2.24, 2.45) is 5.73 Å². The Kier molecular flexibility index (Phi) is 4.04. The summed E-state index contributed by atoms with van der Waals surface area (Å²) in [5.41, 5.74) is 8.30. The maximum absolute atomic E-state index is 11.5. The number of methoxy groups -OCH3 is 1. The molecule has 0 bridgehead atoms. The van der Waals surface area contributed by atoms with Crippen LogP contribution >= 0.6 is 0 Å². The zero-order valence-electron chi connectivity index (χ0n) is 9.78. The highest BCUT2D eigenvalue weighted by atomic mass is 16.5. The summed E-state index contributed by atoms with van der Waals surface area (Å²) in [5.74, 6) is -0.400. The van der Waals surface area contributed by atoms with E-state index in [0.29, 0.717) is 11.1 Å². The van der Waals surface area contributed by atoms with Gasteiger partial charge in [-0.15, -0.1) is 0 Å². The molecule has 0 aliphatic rings. The second-order valence-electron chi connectivity index (χ2n) is 3.77. The number of ether oxygens (including phenoxy) is 1. The van der Waals surface area contributed by atoms with Gasteiger partial charge in [-0.25, -0.2) is 4.79 Å². The van der Waals surface area contributed by atoms with Crippen molar-refractivity contribution in [3.05, 3.63) is 34.4 Å². The van der Waals surface area contributed by atoms with Crippen molar-refractivity contribution in [1.82, 2.24) is 0 Å². The number of carbonyl (C=O) groups excluding carboxylic acids is 1. The molecule has 0 saturated carbocycles. The highest BCUT2D eigenvalue weighted by molar-refractivity contribution is 5.91. The minimum absolute atomic E-state index is 0.129. The van der Waals surface area contributed by atoms with Crippen LogP contribution in [0.25, 0.3) is 0 Å². The average Bonchev–Trinajstić information content (AvgIpc) is 2.27. The normalized spacial score (nSPS) is 12.3. The third-order valence-corrected chi connectivity index (χ3v) is 2.60. The number of aliphatic hydroxyl groups is 1. The molecule has 0 fully saturated rings. The first kappa shape index (κ1) is 12.7. The lowest BCUT2D eigenvalue weighted by atomic mass is 9.96. The van der Waals surface area contributed by atoms with Gasteiger partial charge in [0.25, 0.3) is 0 Å². The van der Waals surface area contributed by atoms with Gasteiger partial charge < -0.3 is 15.6 Å². The van der Waals surface area contributed by atoms with Gasteiger partial charge in [0.1, 0.15) is 0 Å². The molecule has 0 spiro atoms. The van der Waals surface area contributed by atoms with Crippen LogP contribution in [0.1, 0.15) is 33.2 Å². The lowest BCUT2D eigenvalue weighted by Crippen LogP contribution is -2.14. The van der Waals surface area contributed by atoms with Crippen molar-refractivity contribution in [2.75, 3.05) is 13.7 Å². The first-order valence-corrected chi connectivity index (χ1v) is 5.08. The van der Waals surface area contributed by atoms with Crippen molar-refractivity contribution < 1.29 is 14.6 Å². The summed E-state index contributed by atoms with van der Waals surface area (Å²) in [4.78, 5) is 11.5. The van der Waals surface area contributed by atoms with Gasteiger partial charge >= 0.3 is 5.97 Å². The van der Waals surface area contributed by atoms with Crippen LogP contribution in [-0.2, 0) is 4.74 Å². The second-order valence-corrected chi connectivity index (χ2v) is 3.77. The molecule has 0 aliphatic heterocycles. The van der Waals surface area contributed by atoms with Crippen LogP contribution in [0.15, 0.2) is 12.1 Å². The third-order valence-electron chi connectivity index (χ3n) is 2.60. The van der Waals surface area contributed by atoms with Crippen molar-refractivity contribution >= 4 is 5.97 Å². The van der Waals surface area contributed by atoms with E-state index in [2.05, 4.69) is 4.74 Å². The molecule has 0 radical (unpaired) electrons. The quantitative estimate of drug-likeness (QED) is 0.752. The molecule has 1 rings (SSSR count). The van der Waals surface area contributed by atoms with E-state index in [0.717, 1.165) is 11.1 Å². The fourth-order valence-electron chi connectivity index (χ4n) is 1.68. The van der Waals surface area contributed by atoms with Crippen LogP contribution in [0, 0.1) is 13.8 Å². The topological polar surface area (TPSA) is 72.5 Å². The van der Waals surface area contributed by atoms with E-state index in [1.165, 1.54) is 7.11 Å².